The van der Waals surface area contributed by atoms with Gasteiger partial charge in [0.25, 0.3) is 11.2 Å². The molecule has 0 saturated heterocycles. The summed E-state index contributed by atoms with van der Waals surface area (Å²) in [7, 11) is 0. The van der Waals surface area contributed by atoms with Crippen molar-refractivity contribution in [3.63, 3.8) is 0 Å². The first-order chi connectivity index (χ1) is 8.66. The third-order valence-corrected chi connectivity index (χ3v) is 2.82. The summed E-state index contributed by atoms with van der Waals surface area (Å²) in [5.41, 5.74) is 0.166. The monoisotopic (exact) mass is 241 g/mol. The van der Waals surface area contributed by atoms with E-state index in [9.17, 15) is 14.9 Å². The number of aromatic amines is 1. The first-order valence-electron chi connectivity index (χ1n) is 5.21. The second-order valence-corrected chi connectivity index (χ2v) is 3.86. The van der Waals surface area contributed by atoms with Crippen LogP contribution in [0, 0.1) is 10.1 Å². The van der Waals surface area contributed by atoms with Crippen molar-refractivity contribution in [1.82, 2.24) is 9.97 Å². The Morgan fingerprint density at radius 3 is 2.78 bits per heavy atom. The third kappa shape index (κ3) is 1.43. The maximum Gasteiger partial charge on any atom is 0.270 e. The summed E-state index contributed by atoms with van der Waals surface area (Å²) in [6.45, 7) is 0. The molecule has 2 aromatic heterocycles. The van der Waals surface area contributed by atoms with Gasteiger partial charge in [-0.1, -0.05) is 0 Å². The lowest BCUT2D eigenvalue weighted by Gasteiger charge is -2.02. The van der Waals surface area contributed by atoms with Crippen LogP contribution in [0.25, 0.3) is 21.7 Å². The van der Waals surface area contributed by atoms with E-state index in [0.29, 0.717) is 16.3 Å². The molecule has 0 aliphatic rings. The van der Waals surface area contributed by atoms with E-state index in [1.165, 1.54) is 12.1 Å². The molecular formula is C12H7N3O3. The molecule has 3 aromatic rings. The zero-order chi connectivity index (χ0) is 12.7. The van der Waals surface area contributed by atoms with Gasteiger partial charge in [0.15, 0.2) is 0 Å². The first kappa shape index (κ1) is 10.4. The molecule has 6 nitrogen and oxygen atoms in total. The van der Waals surface area contributed by atoms with Crippen molar-refractivity contribution >= 4 is 27.4 Å². The number of benzene rings is 1. The quantitative estimate of drug-likeness (QED) is 0.400. The number of aromatic nitrogens is 2. The number of pyridine rings is 2. The molecule has 0 saturated carbocycles. The van der Waals surface area contributed by atoms with Gasteiger partial charge in [-0.05, 0) is 17.5 Å². The average molecular weight is 241 g/mol. The van der Waals surface area contributed by atoms with Crippen LogP contribution in [0.3, 0.4) is 0 Å². The minimum absolute atomic E-state index is 0.0959. The maximum atomic E-state index is 11.9. The van der Waals surface area contributed by atoms with E-state index in [-0.39, 0.29) is 11.2 Å². The van der Waals surface area contributed by atoms with Crippen LogP contribution in [0.15, 0.2) is 41.5 Å². The zero-order valence-electron chi connectivity index (χ0n) is 9.08. The smallest absolute Gasteiger partial charge is 0.270 e. The summed E-state index contributed by atoms with van der Waals surface area (Å²) >= 11 is 0. The molecule has 18 heavy (non-hydrogen) atoms. The molecule has 0 fully saturated rings. The molecule has 88 valence electrons. The Balaban J connectivity index is 2.52. The fourth-order valence-electron chi connectivity index (χ4n) is 1.99. The molecule has 0 radical (unpaired) electrons. The number of non-ortho nitro benzene ring substituents is 1. The molecule has 1 aromatic carbocycles. The lowest BCUT2D eigenvalue weighted by Crippen LogP contribution is -2.06. The highest BCUT2D eigenvalue weighted by Crippen LogP contribution is 2.23. The maximum absolute atomic E-state index is 11.9. The van der Waals surface area contributed by atoms with Crippen molar-refractivity contribution in [2.75, 3.05) is 0 Å². The van der Waals surface area contributed by atoms with Gasteiger partial charge in [0.2, 0.25) is 0 Å². The molecule has 0 amide bonds. The van der Waals surface area contributed by atoms with E-state index in [4.69, 9.17) is 0 Å². The van der Waals surface area contributed by atoms with Crippen LogP contribution >= 0.6 is 0 Å². The predicted molar refractivity (Wildman–Crippen MR) is 66.5 cm³/mol. The van der Waals surface area contributed by atoms with Gasteiger partial charge in [-0.15, -0.1) is 0 Å². The Morgan fingerprint density at radius 2 is 2.00 bits per heavy atom. The van der Waals surface area contributed by atoms with Crippen molar-refractivity contribution in [3.8, 4) is 0 Å². The summed E-state index contributed by atoms with van der Waals surface area (Å²) < 4.78 is 0. The number of nitro benzene ring substituents is 1. The lowest BCUT2D eigenvalue weighted by molar-refractivity contribution is -0.384. The number of hydrogen-bond donors (Lipinski definition) is 1. The van der Waals surface area contributed by atoms with Crippen molar-refractivity contribution < 1.29 is 4.92 Å². The van der Waals surface area contributed by atoms with Crippen molar-refractivity contribution in [1.29, 1.82) is 0 Å². The number of fused-ring (bicyclic) bond motifs is 3. The molecule has 2 heterocycles. The highest BCUT2D eigenvalue weighted by atomic mass is 16.6. The highest BCUT2D eigenvalue weighted by molar-refractivity contribution is 6.05. The minimum Gasteiger partial charge on any atom is -0.320 e. The second kappa shape index (κ2) is 3.63. The minimum atomic E-state index is -0.518. The van der Waals surface area contributed by atoms with E-state index in [1.54, 1.807) is 24.5 Å². The van der Waals surface area contributed by atoms with Crippen molar-refractivity contribution in [2.24, 2.45) is 0 Å². The Labute approximate surface area is 100 Å². The van der Waals surface area contributed by atoms with Crippen LogP contribution in [0.2, 0.25) is 0 Å². The van der Waals surface area contributed by atoms with Gasteiger partial charge in [0, 0.05) is 23.7 Å². The largest absolute Gasteiger partial charge is 0.320 e. The van der Waals surface area contributed by atoms with Gasteiger partial charge in [-0.3, -0.25) is 19.9 Å². The van der Waals surface area contributed by atoms with Crippen LogP contribution in [0.5, 0.6) is 0 Å². The molecule has 0 aliphatic heterocycles. The van der Waals surface area contributed by atoms with Gasteiger partial charge in [0.1, 0.15) is 0 Å². The van der Waals surface area contributed by atoms with Gasteiger partial charge >= 0.3 is 0 Å². The van der Waals surface area contributed by atoms with Gasteiger partial charge in [-0.25, -0.2) is 0 Å². The fourth-order valence-corrected chi connectivity index (χ4v) is 1.99. The normalized spacial score (nSPS) is 10.9. The molecule has 0 aliphatic carbocycles. The average Bonchev–Trinajstić information content (AvgIpc) is 2.38. The highest BCUT2D eigenvalue weighted by Gasteiger charge is 2.10. The predicted octanol–water partition coefficient (Wildman–Crippen LogP) is 1.98. The van der Waals surface area contributed by atoms with Gasteiger partial charge < -0.3 is 4.98 Å². The molecular weight excluding hydrogens is 234 g/mol. The van der Waals surface area contributed by atoms with E-state index in [0.717, 1.165) is 5.39 Å². The number of H-pyrrole nitrogens is 1. The Kier molecular flexibility index (Phi) is 2.09. The summed E-state index contributed by atoms with van der Waals surface area (Å²) in [5.74, 6) is 0. The summed E-state index contributed by atoms with van der Waals surface area (Å²) in [6, 6.07) is 6.03. The molecule has 1 N–H and O–H groups in total. The lowest BCUT2D eigenvalue weighted by atomic mass is 10.1. The molecule has 6 heteroatoms. The number of nitro groups is 1. The molecule has 0 atom stereocenters. The van der Waals surface area contributed by atoms with Gasteiger partial charge in [-0.2, -0.15) is 0 Å². The van der Waals surface area contributed by atoms with Crippen LogP contribution in [0.1, 0.15) is 0 Å². The number of hydrogen-bond acceptors (Lipinski definition) is 4. The second-order valence-electron chi connectivity index (χ2n) is 3.86. The fraction of sp³-hybridized carbons (Fsp3) is 0. The van der Waals surface area contributed by atoms with Crippen LogP contribution < -0.4 is 5.56 Å². The summed E-state index contributed by atoms with van der Waals surface area (Å²) in [5, 5.41) is 12.5. The van der Waals surface area contributed by atoms with Crippen LogP contribution in [0.4, 0.5) is 5.69 Å². The van der Waals surface area contributed by atoms with Crippen LogP contribution in [-0.4, -0.2) is 14.9 Å². The summed E-state index contributed by atoms with van der Waals surface area (Å²) in [4.78, 5) is 28.6. The van der Waals surface area contributed by atoms with Gasteiger partial charge in [0.05, 0.1) is 22.0 Å². The van der Waals surface area contributed by atoms with Crippen molar-refractivity contribution in [3.05, 3.63) is 57.1 Å². The third-order valence-electron chi connectivity index (χ3n) is 2.82. The van der Waals surface area contributed by atoms with E-state index >= 15 is 0 Å². The molecule has 0 spiro atoms. The van der Waals surface area contributed by atoms with E-state index in [1.807, 2.05) is 0 Å². The van der Waals surface area contributed by atoms with Crippen LogP contribution in [-0.2, 0) is 0 Å². The zero-order valence-corrected chi connectivity index (χ0v) is 9.08. The summed E-state index contributed by atoms with van der Waals surface area (Å²) in [6.07, 6.45) is 3.17. The Morgan fingerprint density at radius 1 is 1.17 bits per heavy atom. The number of nitrogens with one attached hydrogen (secondary N) is 1. The standard InChI is InChI=1S/C12H7N3O3/c16-12-10-5-7(15(17)18)1-2-8(10)9-3-4-13-6-11(9)14-12/h1-6H,(H,14,16). The van der Waals surface area contributed by atoms with E-state index < -0.39 is 4.92 Å². The van der Waals surface area contributed by atoms with E-state index in [2.05, 4.69) is 9.97 Å². The topological polar surface area (TPSA) is 88.9 Å². The number of nitrogens with zero attached hydrogens (tertiary/aromatic N) is 2. The first-order valence-corrected chi connectivity index (χ1v) is 5.21. The van der Waals surface area contributed by atoms with Crippen molar-refractivity contribution in [2.45, 2.75) is 0 Å². The SMILES string of the molecule is O=c1[nH]c2cnccc2c2ccc([N+](=O)[O-])cc12. The Bertz CT molecular complexity index is 839. The molecule has 0 unspecified atom stereocenters. The Hall–Kier alpha value is -2.76. The number of rotatable bonds is 1. The molecule has 3 rings (SSSR count). The molecule has 0 bridgehead atoms.